The number of hydrogen-bond acceptors (Lipinski definition) is 6. The Morgan fingerprint density at radius 3 is 2.22 bits per heavy atom. The number of carbonyl (C=O) groups excluding carboxylic acids is 2. The van der Waals surface area contributed by atoms with Crippen molar-refractivity contribution in [3.63, 3.8) is 0 Å². The van der Waals surface area contributed by atoms with Crippen LogP contribution in [0.3, 0.4) is 0 Å². The summed E-state index contributed by atoms with van der Waals surface area (Å²) in [6, 6.07) is 19.1. The van der Waals surface area contributed by atoms with E-state index < -0.39 is 17.7 Å². The van der Waals surface area contributed by atoms with Crippen LogP contribution in [-0.4, -0.2) is 48.0 Å². The molecule has 1 unspecified atom stereocenters. The molecule has 0 spiro atoms. The summed E-state index contributed by atoms with van der Waals surface area (Å²) in [6.45, 7) is 0.151. The van der Waals surface area contributed by atoms with E-state index in [1.807, 2.05) is 36.4 Å². The van der Waals surface area contributed by atoms with Crippen molar-refractivity contribution in [1.82, 2.24) is 9.88 Å². The minimum atomic E-state index is -0.854. The lowest BCUT2D eigenvalue weighted by Crippen LogP contribution is -2.29. The van der Waals surface area contributed by atoms with Crippen LogP contribution in [0.1, 0.15) is 22.7 Å². The summed E-state index contributed by atoms with van der Waals surface area (Å²) in [5, 5.41) is 12.5. The van der Waals surface area contributed by atoms with E-state index in [0.29, 0.717) is 22.8 Å². The highest BCUT2D eigenvalue weighted by Crippen LogP contribution is 2.45. The van der Waals surface area contributed by atoms with Gasteiger partial charge in [0.1, 0.15) is 28.6 Å². The summed E-state index contributed by atoms with van der Waals surface area (Å²) in [6.07, 6.45) is 1.77. The van der Waals surface area contributed by atoms with Crippen LogP contribution >= 0.6 is 0 Å². The minimum Gasteiger partial charge on any atom is -0.506 e. The molecule has 1 atom stereocenters. The number of carbonyl (C=O) groups is 2. The number of hydrogen-bond donors (Lipinski definition) is 2. The second-order valence-electron chi connectivity index (χ2n) is 8.60. The monoisotopic (exact) mass is 498 g/mol. The number of nitrogens with one attached hydrogen (secondary N) is 1. The third-order valence-corrected chi connectivity index (χ3v) is 6.63. The van der Waals surface area contributed by atoms with Crippen LogP contribution in [0.15, 0.2) is 78.5 Å². The molecule has 0 bridgehead atoms. The number of aromatic nitrogens is 1. The molecule has 0 saturated carbocycles. The van der Waals surface area contributed by atoms with Crippen molar-refractivity contribution in [1.29, 1.82) is 0 Å². The predicted molar refractivity (Wildman–Crippen MR) is 139 cm³/mol. The molecule has 2 N–H and O–H groups in total. The number of para-hydroxylation sites is 1. The van der Waals surface area contributed by atoms with Gasteiger partial charge in [-0.3, -0.25) is 9.59 Å². The highest BCUT2D eigenvalue weighted by molar-refractivity contribution is 6.46. The normalized spacial score (nSPS) is 16.8. The van der Waals surface area contributed by atoms with Gasteiger partial charge in [0.25, 0.3) is 11.7 Å². The van der Waals surface area contributed by atoms with Crippen LogP contribution in [-0.2, 0) is 16.1 Å². The molecular formula is C29H26N2O6. The molecule has 188 valence electrons. The van der Waals surface area contributed by atoms with Crippen molar-refractivity contribution in [2.75, 3.05) is 21.3 Å². The van der Waals surface area contributed by atoms with Gasteiger partial charge in [-0.25, -0.2) is 0 Å². The number of fused-ring (bicyclic) bond motifs is 1. The van der Waals surface area contributed by atoms with E-state index in [-0.39, 0.29) is 23.4 Å². The predicted octanol–water partition coefficient (Wildman–Crippen LogP) is 4.82. The Labute approximate surface area is 213 Å². The zero-order valence-electron chi connectivity index (χ0n) is 20.6. The second kappa shape index (κ2) is 9.73. The third kappa shape index (κ3) is 4.06. The number of ether oxygens (including phenoxy) is 3. The van der Waals surface area contributed by atoms with E-state index in [2.05, 4.69) is 4.98 Å². The van der Waals surface area contributed by atoms with E-state index in [0.717, 1.165) is 16.5 Å². The largest absolute Gasteiger partial charge is 0.506 e. The number of H-pyrrole nitrogens is 1. The Morgan fingerprint density at radius 2 is 1.57 bits per heavy atom. The lowest BCUT2D eigenvalue weighted by atomic mass is 9.94. The van der Waals surface area contributed by atoms with Gasteiger partial charge in [-0.1, -0.05) is 36.4 Å². The first-order chi connectivity index (χ1) is 18.0. The molecule has 8 nitrogen and oxygen atoms in total. The lowest BCUT2D eigenvalue weighted by Gasteiger charge is -2.25. The summed E-state index contributed by atoms with van der Waals surface area (Å²) >= 11 is 0. The van der Waals surface area contributed by atoms with Gasteiger partial charge in [0.05, 0.1) is 32.9 Å². The first kappa shape index (κ1) is 24.0. The minimum absolute atomic E-state index is 0.0361. The molecule has 1 aliphatic rings. The number of Topliss-reactive ketones (excluding diaryl/α,β-unsaturated/α-hetero) is 1. The summed E-state index contributed by atoms with van der Waals surface area (Å²) in [7, 11) is 4.51. The average molecular weight is 499 g/mol. The number of aliphatic hydroxyl groups excluding tert-OH is 1. The van der Waals surface area contributed by atoms with E-state index in [1.54, 1.807) is 43.6 Å². The molecule has 1 amide bonds. The van der Waals surface area contributed by atoms with E-state index in [1.165, 1.54) is 19.1 Å². The highest BCUT2D eigenvalue weighted by atomic mass is 16.5. The number of aliphatic hydroxyl groups is 1. The van der Waals surface area contributed by atoms with Crippen molar-refractivity contribution < 1.29 is 28.9 Å². The fourth-order valence-corrected chi connectivity index (χ4v) is 4.83. The van der Waals surface area contributed by atoms with Crippen molar-refractivity contribution in [2.45, 2.75) is 12.6 Å². The summed E-state index contributed by atoms with van der Waals surface area (Å²) in [5.41, 5.74) is 2.52. The molecule has 1 aliphatic heterocycles. The van der Waals surface area contributed by atoms with Crippen LogP contribution in [0.2, 0.25) is 0 Å². The van der Waals surface area contributed by atoms with Crippen LogP contribution in [0, 0.1) is 0 Å². The van der Waals surface area contributed by atoms with Gasteiger partial charge in [0.15, 0.2) is 0 Å². The molecule has 0 aliphatic carbocycles. The number of methoxy groups -OCH3 is 3. The summed E-state index contributed by atoms with van der Waals surface area (Å²) < 4.78 is 16.2. The van der Waals surface area contributed by atoms with Gasteiger partial charge in [0, 0.05) is 29.2 Å². The Morgan fingerprint density at radius 1 is 0.892 bits per heavy atom. The van der Waals surface area contributed by atoms with Crippen molar-refractivity contribution in [3.05, 3.63) is 95.2 Å². The van der Waals surface area contributed by atoms with Crippen LogP contribution in [0.4, 0.5) is 0 Å². The molecule has 3 aromatic carbocycles. The molecule has 5 rings (SSSR count). The molecule has 4 aromatic rings. The quantitative estimate of drug-likeness (QED) is 0.215. The maximum absolute atomic E-state index is 13.5. The fourth-order valence-electron chi connectivity index (χ4n) is 4.83. The Hall–Kier alpha value is -4.72. The van der Waals surface area contributed by atoms with E-state index in [9.17, 15) is 14.7 Å². The molecule has 0 radical (unpaired) electrons. The van der Waals surface area contributed by atoms with Gasteiger partial charge in [-0.2, -0.15) is 0 Å². The Bertz CT molecular complexity index is 1500. The zero-order chi connectivity index (χ0) is 26.1. The van der Waals surface area contributed by atoms with E-state index in [4.69, 9.17) is 14.2 Å². The number of ketones is 1. The SMILES string of the molecule is COc1ccc(CN2C(=O)C(=O)/C(=C(/O)c3c(OC)cccc3OC)C2c2c[nH]c3ccccc23)cc1. The third-order valence-electron chi connectivity index (χ3n) is 6.63. The van der Waals surface area contributed by atoms with Crippen LogP contribution < -0.4 is 14.2 Å². The van der Waals surface area contributed by atoms with Gasteiger partial charge in [-0.15, -0.1) is 0 Å². The van der Waals surface area contributed by atoms with Gasteiger partial charge >= 0.3 is 0 Å². The fraction of sp³-hybridized carbons (Fsp3) is 0.172. The van der Waals surface area contributed by atoms with Crippen LogP contribution in [0.5, 0.6) is 17.2 Å². The number of rotatable bonds is 7. The Kier molecular flexibility index (Phi) is 6.31. The number of amides is 1. The summed E-state index contributed by atoms with van der Waals surface area (Å²) in [4.78, 5) is 31.7. The van der Waals surface area contributed by atoms with Crippen molar-refractivity contribution >= 4 is 28.4 Å². The second-order valence-corrected chi connectivity index (χ2v) is 8.60. The molecule has 1 aromatic heterocycles. The smallest absolute Gasteiger partial charge is 0.295 e. The first-order valence-electron chi connectivity index (χ1n) is 11.7. The topological polar surface area (TPSA) is 101 Å². The molecule has 1 saturated heterocycles. The van der Waals surface area contributed by atoms with Gasteiger partial charge in [0.2, 0.25) is 0 Å². The van der Waals surface area contributed by atoms with Crippen molar-refractivity contribution in [3.8, 4) is 17.2 Å². The Balaban J connectivity index is 1.73. The number of benzene rings is 3. The van der Waals surface area contributed by atoms with Gasteiger partial charge in [-0.05, 0) is 35.9 Å². The molecular weight excluding hydrogens is 472 g/mol. The number of likely N-dealkylation sites (tertiary alicyclic amines) is 1. The number of nitrogens with zero attached hydrogens (tertiary/aromatic N) is 1. The molecule has 1 fully saturated rings. The van der Waals surface area contributed by atoms with Crippen molar-refractivity contribution in [2.24, 2.45) is 0 Å². The molecule has 8 heteroatoms. The number of aromatic amines is 1. The van der Waals surface area contributed by atoms with E-state index >= 15 is 0 Å². The summed E-state index contributed by atoms with van der Waals surface area (Å²) in [5.74, 6) is -0.537. The maximum atomic E-state index is 13.5. The highest BCUT2D eigenvalue weighted by Gasteiger charge is 2.47. The van der Waals surface area contributed by atoms with Crippen LogP contribution in [0.25, 0.3) is 16.7 Å². The molecule has 2 heterocycles. The average Bonchev–Trinajstić information content (AvgIpc) is 3.46. The molecule has 37 heavy (non-hydrogen) atoms. The zero-order valence-corrected chi connectivity index (χ0v) is 20.6. The maximum Gasteiger partial charge on any atom is 0.295 e. The first-order valence-corrected chi connectivity index (χ1v) is 11.7. The van der Waals surface area contributed by atoms with Gasteiger partial charge < -0.3 is 29.2 Å². The standard InChI is InChI=1S/C29H26N2O6/c1-35-18-13-11-17(12-14-18)16-31-26(20-15-30-21-8-5-4-7-19(20)21)25(28(33)29(31)34)27(32)24-22(36-2)9-6-10-23(24)37-3/h4-15,26,30,32H,16H2,1-3H3/b27-25+. The lowest BCUT2D eigenvalue weighted by molar-refractivity contribution is -0.140.